The predicted molar refractivity (Wildman–Crippen MR) is 52.3 cm³/mol. The molecule has 2 atom stereocenters. The first-order valence-corrected chi connectivity index (χ1v) is 4.82. The Hall–Kier alpha value is -0.890. The van der Waals surface area contributed by atoms with Gasteiger partial charge in [0.05, 0.1) is 12.0 Å². The van der Waals surface area contributed by atoms with Crippen molar-refractivity contribution in [2.75, 3.05) is 0 Å². The maximum Gasteiger partial charge on any atom is 0.165 e. The van der Waals surface area contributed by atoms with Crippen molar-refractivity contribution in [3.63, 3.8) is 0 Å². The Bertz CT molecular complexity index is 228. The first kappa shape index (κ1) is 10.2. The van der Waals surface area contributed by atoms with Crippen molar-refractivity contribution >= 4 is 5.78 Å². The van der Waals surface area contributed by atoms with Crippen LogP contribution in [0.5, 0.6) is 0 Å². The molecule has 0 amide bonds. The van der Waals surface area contributed by atoms with E-state index in [4.69, 9.17) is 0 Å². The third kappa shape index (κ3) is 2.81. The zero-order valence-electron chi connectivity index (χ0n) is 7.94. The molecular formula is C11H16O2. The van der Waals surface area contributed by atoms with Gasteiger partial charge in [0.1, 0.15) is 0 Å². The Labute approximate surface area is 79.0 Å². The van der Waals surface area contributed by atoms with Gasteiger partial charge < -0.3 is 5.11 Å². The van der Waals surface area contributed by atoms with Crippen molar-refractivity contribution in [2.24, 2.45) is 5.92 Å². The van der Waals surface area contributed by atoms with Crippen LogP contribution in [0.25, 0.3) is 0 Å². The zero-order valence-corrected chi connectivity index (χ0v) is 7.94. The summed E-state index contributed by atoms with van der Waals surface area (Å²) in [7, 11) is 0. The highest BCUT2D eigenvalue weighted by Crippen LogP contribution is 2.16. The number of allylic oxidation sites excluding steroid dienone is 2. The molecule has 1 aliphatic carbocycles. The topological polar surface area (TPSA) is 37.3 Å². The van der Waals surface area contributed by atoms with Crippen LogP contribution in [-0.4, -0.2) is 17.0 Å². The van der Waals surface area contributed by atoms with Crippen molar-refractivity contribution in [2.45, 2.75) is 32.3 Å². The summed E-state index contributed by atoms with van der Waals surface area (Å²) in [4.78, 5) is 11.2. The molecule has 0 spiro atoms. The lowest BCUT2D eigenvalue weighted by molar-refractivity contribution is -0.117. The third-order valence-electron chi connectivity index (χ3n) is 2.22. The van der Waals surface area contributed by atoms with E-state index < -0.39 is 6.10 Å². The molecule has 0 fully saturated rings. The van der Waals surface area contributed by atoms with Gasteiger partial charge in [0.15, 0.2) is 5.78 Å². The first-order chi connectivity index (χ1) is 6.25. The molecule has 0 aliphatic heterocycles. The lowest BCUT2D eigenvalue weighted by atomic mass is 10.0. The molecular weight excluding hydrogens is 164 g/mol. The van der Waals surface area contributed by atoms with Crippen LogP contribution in [0, 0.1) is 5.92 Å². The van der Waals surface area contributed by atoms with Gasteiger partial charge in [0, 0.05) is 0 Å². The highest BCUT2D eigenvalue weighted by molar-refractivity contribution is 5.96. The zero-order chi connectivity index (χ0) is 9.68. The largest absolute Gasteiger partial charge is 0.388 e. The number of aliphatic hydroxyl groups is 1. The van der Waals surface area contributed by atoms with E-state index in [1.54, 1.807) is 6.08 Å². The lowest BCUT2D eigenvalue weighted by Crippen LogP contribution is -2.17. The fourth-order valence-corrected chi connectivity index (χ4v) is 1.37. The highest BCUT2D eigenvalue weighted by Gasteiger charge is 2.25. The number of carbonyl (C=O) groups excluding carboxylic acids is 1. The molecule has 0 aromatic rings. The molecule has 0 saturated heterocycles. The third-order valence-corrected chi connectivity index (χ3v) is 2.22. The van der Waals surface area contributed by atoms with Crippen molar-refractivity contribution in [1.29, 1.82) is 0 Å². The van der Waals surface area contributed by atoms with E-state index in [1.165, 1.54) is 6.08 Å². The van der Waals surface area contributed by atoms with Gasteiger partial charge in [-0.05, 0) is 12.5 Å². The Balaban J connectivity index is 2.36. The molecule has 0 saturated carbocycles. The van der Waals surface area contributed by atoms with E-state index in [1.807, 2.05) is 12.2 Å². The van der Waals surface area contributed by atoms with Crippen molar-refractivity contribution in [1.82, 2.24) is 0 Å². The Morgan fingerprint density at radius 1 is 1.62 bits per heavy atom. The van der Waals surface area contributed by atoms with Crippen molar-refractivity contribution in [3.05, 3.63) is 24.3 Å². The summed E-state index contributed by atoms with van der Waals surface area (Å²) < 4.78 is 0. The Kier molecular flexibility index (Phi) is 3.90. The summed E-state index contributed by atoms with van der Waals surface area (Å²) in [6.07, 6.45) is 9.50. The van der Waals surface area contributed by atoms with Crippen LogP contribution in [0.4, 0.5) is 0 Å². The minimum atomic E-state index is -0.606. The molecule has 0 heterocycles. The van der Waals surface area contributed by atoms with Gasteiger partial charge in [-0.2, -0.15) is 0 Å². The molecule has 13 heavy (non-hydrogen) atoms. The van der Waals surface area contributed by atoms with Crippen LogP contribution < -0.4 is 0 Å². The standard InChI is InChI=1S/C11H16O2/c1-2-3-4-5-6-9-10(12)7-8-11(9)13/h5-10,12H,2-4H2,1H3. The van der Waals surface area contributed by atoms with Crippen LogP contribution in [0.1, 0.15) is 26.2 Å². The molecule has 1 rings (SSSR count). The van der Waals surface area contributed by atoms with E-state index in [9.17, 15) is 9.90 Å². The molecule has 1 aliphatic rings. The van der Waals surface area contributed by atoms with Gasteiger partial charge in [-0.3, -0.25) is 4.79 Å². The highest BCUT2D eigenvalue weighted by atomic mass is 16.3. The number of carbonyl (C=O) groups is 1. The molecule has 0 bridgehead atoms. The summed E-state index contributed by atoms with van der Waals surface area (Å²) in [6.45, 7) is 2.13. The van der Waals surface area contributed by atoms with Crippen molar-refractivity contribution in [3.8, 4) is 0 Å². The number of unbranched alkanes of at least 4 members (excludes halogenated alkanes) is 2. The Morgan fingerprint density at radius 3 is 2.92 bits per heavy atom. The van der Waals surface area contributed by atoms with E-state index in [0.717, 1.165) is 19.3 Å². The van der Waals surface area contributed by atoms with Crippen LogP contribution >= 0.6 is 0 Å². The van der Waals surface area contributed by atoms with Crippen LogP contribution in [0.2, 0.25) is 0 Å². The lowest BCUT2D eigenvalue weighted by Gasteiger charge is -2.06. The Morgan fingerprint density at radius 2 is 2.38 bits per heavy atom. The summed E-state index contributed by atoms with van der Waals surface area (Å²) in [5.41, 5.74) is 0. The van der Waals surface area contributed by atoms with Gasteiger partial charge in [-0.25, -0.2) is 0 Å². The number of rotatable bonds is 4. The quantitative estimate of drug-likeness (QED) is 0.529. The minimum absolute atomic E-state index is 0.0141. The van der Waals surface area contributed by atoms with Gasteiger partial charge in [0.2, 0.25) is 0 Å². The summed E-state index contributed by atoms with van der Waals surface area (Å²) in [6, 6.07) is 0. The van der Waals surface area contributed by atoms with Crippen LogP contribution in [0.3, 0.4) is 0 Å². The first-order valence-electron chi connectivity index (χ1n) is 4.82. The van der Waals surface area contributed by atoms with Crippen LogP contribution in [0.15, 0.2) is 24.3 Å². The summed E-state index contributed by atoms with van der Waals surface area (Å²) >= 11 is 0. The number of aliphatic hydroxyl groups excluding tert-OH is 1. The van der Waals surface area contributed by atoms with E-state index in [-0.39, 0.29) is 11.7 Å². The predicted octanol–water partition coefficient (Wildman–Crippen LogP) is 1.85. The fourth-order valence-electron chi connectivity index (χ4n) is 1.37. The van der Waals surface area contributed by atoms with Gasteiger partial charge in [0.25, 0.3) is 0 Å². The van der Waals surface area contributed by atoms with Gasteiger partial charge in [-0.15, -0.1) is 0 Å². The number of hydrogen-bond acceptors (Lipinski definition) is 2. The summed E-state index contributed by atoms with van der Waals surface area (Å²) in [5, 5.41) is 9.36. The number of ketones is 1. The maximum absolute atomic E-state index is 11.2. The molecule has 72 valence electrons. The average Bonchev–Trinajstić information content (AvgIpc) is 2.42. The molecule has 0 aromatic carbocycles. The van der Waals surface area contributed by atoms with E-state index in [2.05, 4.69) is 6.92 Å². The van der Waals surface area contributed by atoms with Crippen molar-refractivity contribution < 1.29 is 9.90 Å². The SMILES string of the molecule is CCCCC=CC1C(=O)C=CC1O. The second kappa shape index (κ2) is 4.97. The van der Waals surface area contributed by atoms with Gasteiger partial charge in [-0.1, -0.05) is 38.0 Å². The molecule has 0 radical (unpaired) electrons. The van der Waals surface area contributed by atoms with Gasteiger partial charge >= 0.3 is 0 Å². The summed E-state index contributed by atoms with van der Waals surface area (Å²) in [5.74, 6) is -0.308. The molecule has 0 aromatic heterocycles. The molecule has 2 heteroatoms. The minimum Gasteiger partial charge on any atom is -0.388 e. The fraction of sp³-hybridized carbons (Fsp3) is 0.545. The molecule has 2 nitrogen and oxygen atoms in total. The van der Waals surface area contributed by atoms with Crippen LogP contribution in [-0.2, 0) is 4.79 Å². The normalized spacial score (nSPS) is 27.7. The average molecular weight is 180 g/mol. The number of hydrogen-bond donors (Lipinski definition) is 1. The molecule has 1 N–H and O–H groups in total. The second-order valence-corrected chi connectivity index (χ2v) is 3.35. The van der Waals surface area contributed by atoms with E-state index >= 15 is 0 Å². The second-order valence-electron chi connectivity index (χ2n) is 3.35. The maximum atomic E-state index is 11.2. The monoisotopic (exact) mass is 180 g/mol. The smallest absolute Gasteiger partial charge is 0.165 e. The molecule has 2 unspecified atom stereocenters. The van der Waals surface area contributed by atoms with E-state index in [0.29, 0.717) is 0 Å².